The molecular formula is C19H19ClN2O2S2. The number of hydrogen-bond donors (Lipinski definition) is 1. The number of thioether (sulfide) groups is 1. The van der Waals surface area contributed by atoms with Gasteiger partial charge in [-0.1, -0.05) is 48.9 Å². The highest BCUT2D eigenvalue weighted by Gasteiger charge is 2.14. The summed E-state index contributed by atoms with van der Waals surface area (Å²) >= 11 is 9.36. The molecule has 0 unspecified atom stereocenters. The first-order chi connectivity index (χ1) is 12.5. The number of ether oxygens (including phenoxy) is 1. The molecule has 0 aliphatic heterocycles. The Bertz CT molecular complexity index is 923. The lowest BCUT2D eigenvalue weighted by molar-refractivity contribution is -0.115. The van der Waals surface area contributed by atoms with Gasteiger partial charge in [-0.2, -0.15) is 0 Å². The lowest BCUT2D eigenvalue weighted by atomic mass is 10.1. The average molecular weight is 407 g/mol. The molecule has 0 atom stereocenters. The summed E-state index contributed by atoms with van der Waals surface area (Å²) in [5, 5.41) is 4.50. The zero-order valence-electron chi connectivity index (χ0n) is 14.7. The van der Waals surface area contributed by atoms with Crippen molar-refractivity contribution < 1.29 is 9.53 Å². The van der Waals surface area contributed by atoms with Gasteiger partial charge in [-0.15, -0.1) is 11.8 Å². The van der Waals surface area contributed by atoms with Gasteiger partial charge >= 0.3 is 0 Å². The minimum atomic E-state index is -0.108. The van der Waals surface area contributed by atoms with Gasteiger partial charge in [0.05, 0.1) is 23.3 Å². The number of hydrogen-bond acceptors (Lipinski definition) is 5. The van der Waals surface area contributed by atoms with Gasteiger partial charge in [-0.25, -0.2) is 4.98 Å². The molecule has 136 valence electrons. The van der Waals surface area contributed by atoms with E-state index in [-0.39, 0.29) is 5.91 Å². The maximum absolute atomic E-state index is 12.3. The van der Waals surface area contributed by atoms with Crippen LogP contribution < -0.4 is 10.1 Å². The van der Waals surface area contributed by atoms with Crippen molar-refractivity contribution in [3.8, 4) is 5.75 Å². The average Bonchev–Trinajstić information content (AvgIpc) is 3.01. The van der Waals surface area contributed by atoms with E-state index in [2.05, 4.69) is 36.3 Å². The van der Waals surface area contributed by atoms with Crippen LogP contribution in [0.15, 0.2) is 41.3 Å². The third-order valence-electron chi connectivity index (χ3n) is 3.58. The SMILES string of the molecule is COc1ccc(Cl)c2sc(NC(=O)Cc3ccc(SC(C)C)cc3)nc12. The number of benzene rings is 2. The van der Waals surface area contributed by atoms with E-state index in [1.165, 1.54) is 16.2 Å². The second kappa shape index (κ2) is 8.29. The Morgan fingerprint density at radius 1 is 1.27 bits per heavy atom. The largest absolute Gasteiger partial charge is 0.494 e. The van der Waals surface area contributed by atoms with Gasteiger partial charge in [0.25, 0.3) is 0 Å². The van der Waals surface area contributed by atoms with Crippen molar-refractivity contribution in [2.75, 3.05) is 12.4 Å². The third-order valence-corrected chi connectivity index (χ3v) is 6.03. The number of fused-ring (bicyclic) bond motifs is 1. The van der Waals surface area contributed by atoms with Crippen LogP contribution in [-0.4, -0.2) is 23.3 Å². The maximum atomic E-state index is 12.3. The summed E-state index contributed by atoms with van der Waals surface area (Å²) in [6.45, 7) is 4.32. The predicted octanol–water partition coefficient (Wildman–Crippen LogP) is 5.64. The Morgan fingerprint density at radius 3 is 2.65 bits per heavy atom. The Labute approximate surface area is 165 Å². The first-order valence-electron chi connectivity index (χ1n) is 8.14. The summed E-state index contributed by atoms with van der Waals surface area (Å²) in [5.41, 5.74) is 1.63. The van der Waals surface area contributed by atoms with Crippen molar-refractivity contribution >= 4 is 56.0 Å². The first kappa shape index (κ1) is 19.0. The van der Waals surface area contributed by atoms with Gasteiger partial charge in [0.15, 0.2) is 5.13 Å². The van der Waals surface area contributed by atoms with Gasteiger partial charge < -0.3 is 10.1 Å². The lowest BCUT2D eigenvalue weighted by Crippen LogP contribution is -2.14. The van der Waals surface area contributed by atoms with Crippen LogP contribution in [0, 0.1) is 0 Å². The number of nitrogens with one attached hydrogen (secondary N) is 1. The van der Waals surface area contributed by atoms with Crippen LogP contribution in [0.3, 0.4) is 0 Å². The van der Waals surface area contributed by atoms with Gasteiger partial charge in [-0.3, -0.25) is 4.79 Å². The Morgan fingerprint density at radius 2 is 2.00 bits per heavy atom. The molecule has 1 N–H and O–H groups in total. The Kier molecular flexibility index (Phi) is 6.06. The van der Waals surface area contributed by atoms with E-state index in [1.54, 1.807) is 31.0 Å². The van der Waals surface area contributed by atoms with Crippen molar-refractivity contribution in [2.24, 2.45) is 0 Å². The molecule has 0 aliphatic carbocycles. The van der Waals surface area contributed by atoms with E-state index in [0.29, 0.717) is 33.1 Å². The number of rotatable bonds is 6. The fraction of sp³-hybridized carbons (Fsp3) is 0.263. The number of carbonyl (C=O) groups excluding carboxylic acids is 1. The van der Waals surface area contributed by atoms with Gasteiger partial charge in [-0.05, 0) is 29.8 Å². The number of aromatic nitrogens is 1. The quantitative estimate of drug-likeness (QED) is 0.538. The van der Waals surface area contributed by atoms with Gasteiger partial charge in [0.2, 0.25) is 5.91 Å². The second-order valence-corrected chi connectivity index (χ2v) is 9.04. The van der Waals surface area contributed by atoms with Crippen molar-refractivity contribution in [1.82, 2.24) is 4.98 Å². The molecule has 0 bridgehead atoms. The van der Waals surface area contributed by atoms with Crippen LogP contribution in [0.1, 0.15) is 19.4 Å². The smallest absolute Gasteiger partial charge is 0.230 e. The van der Waals surface area contributed by atoms with Crippen LogP contribution >= 0.6 is 34.7 Å². The molecule has 1 aromatic heterocycles. The first-order valence-corrected chi connectivity index (χ1v) is 10.2. The number of methoxy groups -OCH3 is 1. The normalized spacial score (nSPS) is 11.1. The molecule has 7 heteroatoms. The van der Waals surface area contributed by atoms with Crippen molar-refractivity contribution in [3.63, 3.8) is 0 Å². The maximum Gasteiger partial charge on any atom is 0.230 e. The van der Waals surface area contributed by atoms with E-state index < -0.39 is 0 Å². The van der Waals surface area contributed by atoms with Crippen molar-refractivity contribution in [1.29, 1.82) is 0 Å². The number of anilines is 1. The van der Waals surface area contributed by atoms with Crippen LogP contribution in [0.2, 0.25) is 5.02 Å². The number of carbonyl (C=O) groups is 1. The van der Waals surface area contributed by atoms with Crippen molar-refractivity contribution in [3.05, 3.63) is 47.0 Å². The standard InChI is InChI=1S/C19H19ClN2O2S2/c1-11(2)25-13-6-4-12(5-7-13)10-16(23)21-19-22-17-15(24-3)9-8-14(20)18(17)26-19/h4-9,11H,10H2,1-3H3,(H,21,22,23). The summed E-state index contributed by atoms with van der Waals surface area (Å²) in [5.74, 6) is 0.530. The molecule has 0 aliphatic rings. The summed E-state index contributed by atoms with van der Waals surface area (Å²) in [4.78, 5) is 18.0. The van der Waals surface area contributed by atoms with E-state index >= 15 is 0 Å². The zero-order chi connectivity index (χ0) is 18.7. The molecule has 1 heterocycles. The van der Waals surface area contributed by atoms with Crippen LogP contribution in [0.4, 0.5) is 5.13 Å². The molecule has 0 saturated heterocycles. The van der Waals surface area contributed by atoms with Gasteiger partial charge in [0.1, 0.15) is 11.3 Å². The van der Waals surface area contributed by atoms with Gasteiger partial charge in [0, 0.05) is 10.1 Å². The second-order valence-electron chi connectivity index (χ2n) is 5.98. The Hall–Kier alpha value is -1.76. The monoisotopic (exact) mass is 406 g/mol. The molecule has 2 aromatic carbocycles. The minimum Gasteiger partial charge on any atom is -0.494 e. The molecule has 3 rings (SSSR count). The van der Waals surface area contributed by atoms with Crippen LogP contribution in [-0.2, 0) is 11.2 Å². The highest BCUT2D eigenvalue weighted by molar-refractivity contribution is 7.99. The highest BCUT2D eigenvalue weighted by atomic mass is 35.5. The number of halogens is 1. The molecule has 26 heavy (non-hydrogen) atoms. The van der Waals surface area contributed by atoms with Crippen molar-refractivity contribution in [2.45, 2.75) is 30.4 Å². The molecule has 0 spiro atoms. The molecule has 1 amide bonds. The van der Waals surface area contributed by atoms with Crippen LogP contribution in [0.5, 0.6) is 5.75 Å². The number of nitrogens with zero attached hydrogens (tertiary/aromatic N) is 1. The topological polar surface area (TPSA) is 51.2 Å². The molecular weight excluding hydrogens is 388 g/mol. The fourth-order valence-electron chi connectivity index (χ4n) is 2.48. The third kappa shape index (κ3) is 4.50. The molecule has 3 aromatic rings. The van der Waals surface area contributed by atoms with E-state index in [4.69, 9.17) is 16.3 Å². The van der Waals surface area contributed by atoms with E-state index in [0.717, 1.165) is 10.3 Å². The number of amides is 1. The van der Waals surface area contributed by atoms with E-state index in [9.17, 15) is 4.79 Å². The summed E-state index contributed by atoms with van der Waals surface area (Å²) in [6, 6.07) is 11.6. The zero-order valence-corrected chi connectivity index (χ0v) is 17.1. The molecule has 0 fully saturated rings. The summed E-state index contributed by atoms with van der Waals surface area (Å²) in [7, 11) is 1.58. The predicted molar refractivity (Wildman–Crippen MR) is 111 cm³/mol. The molecule has 0 radical (unpaired) electrons. The van der Waals surface area contributed by atoms with Crippen LogP contribution in [0.25, 0.3) is 10.2 Å². The highest BCUT2D eigenvalue weighted by Crippen LogP contribution is 2.37. The number of thiazole rings is 1. The Balaban J connectivity index is 1.70. The fourth-order valence-corrected chi connectivity index (χ4v) is 4.49. The van der Waals surface area contributed by atoms with E-state index in [1.807, 2.05) is 12.1 Å². The molecule has 0 saturated carbocycles. The summed E-state index contributed by atoms with van der Waals surface area (Å²) in [6.07, 6.45) is 0.299. The molecule has 4 nitrogen and oxygen atoms in total. The lowest BCUT2D eigenvalue weighted by Gasteiger charge is -2.06. The summed E-state index contributed by atoms with van der Waals surface area (Å²) < 4.78 is 6.11. The minimum absolute atomic E-state index is 0.108.